The van der Waals surface area contributed by atoms with Crippen molar-refractivity contribution in [3.63, 3.8) is 0 Å². The summed E-state index contributed by atoms with van der Waals surface area (Å²) in [6.07, 6.45) is 2.32. The highest BCUT2D eigenvalue weighted by Gasteiger charge is 2.31. The van der Waals surface area contributed by atoms with Gasteiger partial charge in [-0.05, 0) is 25.3 Å². The molecule has 0 bridgehead atoms. The predicted molar refractivity (Wildman–Crippen MR) is 75.4 cm³/mol. The monoisotopic (exact) mass is 276 g/mol. The van der Waals surface area contributed by atoms with Gasteiger partial charge in [0.05, 0.1) is 18.8 Å². The van der Waals surface area contributed by atoms with Crippen molar-refractivity contribution in [2.24, 2.45) is 0 Å². The van der Waals surface area contributed by atoms with Crippen LogP contribution in [0.5, 0.6) is 0 Å². The summed E-state index contributed by atoms with van der Waals surface area (Å²) in [5.74, 6) is 0.499. The third-order valence-corrected chi connectivity index (χ3v) is 3.97. The third kappa shape index (κ3) is 2.53. The molecular formula is C15H17ClN2O. The molecule has 0 unspecified atom stereocenters. The van der Waals surface area contributed by atoms with E-state index in [0.717, 1.165) is 24.1 Å². The fourth-order valence-corrected chi connectivity index (χ4v) is 2.67. The number of halogens is 1. The first-order valence-electron chi connectivity index (χ1n) is 6.60. The maximum Gasteiger partial charge on any atom is 0.133 e. The summed E-state index contributed by atoms with van der Waals surface area (Å²) in [6, 6.07) is 8.31. The van der Waals surface area contributed by atoms with Crippen molar-refractivity contribution in [1.29, 1.82) is 0 Å². The lowest BCUT2D eigenvalue weighted by Gasteiger charge is -2.04. The number of hydrogen-bond acceptors (Lipinski definition) is 2. The van der Waals surface area contributed by atoms with Gasteiger partial charge in [0.2, 0.25) is 0 Å². The van der Waals surface area contributed by atoms with Gasteiger partial charge < -0.3 is 5.11 Å². The van der Waals surface area contributed by atoms with Crippen molar-refractivity contribution in [2.75, 3.05) is 0 Å². The molecule has 1 fully saturated rings. The Bertz CT molecular complexity index is 602. The molecule has 0 saturated heterocycles. The molecule has 4 heteroatoms. The Balaban J connectivity index is 1.92. The molecule has 1 heterocycles. The number of aryl methyl sites for hydroxylation is 1. The number of aromatic nitrogens is 2. The zero-order valence-electron chi connectivity index (χ0n) is 10.9. The summed E-state index contributed by atoms with van der Waals surface area (Å²) in [6.45, 7) is 2.70. The molecule has 3 rings (SSSR count). The summed E-state index contributed by atoms with van der Waals surface area (Å²) in [7, 11) is 0. The molecule has 0 radical (unpaired) electrons. The molecule has 1 saturated carbocycles. The van der Waals surface area contributed by atoms with Gasteiger partial charge in [-0.15, -0.1) is 0 Å². The van der Waals surface area contributed by atoms with E-state index in [4.69, 9.17) is 11.6 Å². The van der Waals surface area contributed by atoms with Crippen LogP contribution in [0.25, 0.3) is 0 Å². The van der Waals surface area contributed by atoms with Gasteiger partial charge in [0.15, 0.2) is 0 Å². The maximum absolute atomic E-state index is 9.46. The summed E-state index contributed by atoms with van der Waals surface area (Å²) in [4.78, 5) is 0. The standard InChI is InChI=1S/C15H17ClN2O/c1-10-3-2-4-11(7-10)8-18-15(16)13(9-19)14(17-18)12-5-6-12/h2-4,7,12,19H,5-6,8-9H2,1H3. The lowest BCUT2D eigenvalue weighted by molar-refractivity contribution is 0.280. The van der Waals surface area contributed by atoms with Gasteiger partial charge in [0.1, 0.15) is 5.15 Å². The first-order valence-corrected chi connectivity index (χ1v) is 6.98. The van der Waals surface area contributed by atoms with Gasteiger partial charge in [0.25, 0.3) is 0 Å². The first-order chi connectivity index (χ1) is 9.19. The molecule has 0 amide bonds. The highest BCUT2D eigenvalue weighted by Crippen LogP contribution is 2.42. The molecule has 0 spiro atoms. The molecule has 1 aliphatic carbocycles. The van der Waals surface area contributed by atoms with Crippen LogP contribution in [0.4, 0.5) is 0 Å². The Morgan fingerprint density at radius 2 is 2.21 bits per heavy atom. The van der Waals surface area contributed by atoms with Crippen LogP contribution >= 0.6 is 11.6 Å². The lowest BCUT2D eigenvalue weighted by Crippen LogP contribution is -2.02. The van der Waals surface area contributed by atoms with E-state index < -0.39 is 0 Å². The number of benzene rings is 1. The molecule has 1 aromatic heterocycles. The van der Waals surface area contributed by atoms with Crippen molar-refractivity contribution in [2.45, 2.75) is 38.8 Å². The fourth-order valence-electron chi connectivity index (χ4n) is 2.42. The zero-order valence-corrected chi connectivity index (χ0v) is 11.7. The highest BCUT2D eigenvalue weighted by molar-refractivity contribution is 6.30. The quantitative estimate of drug-likeness (QED) is 0.931. The van der Waals surface area contributed by atoms with E-state index in [-0.39, 0.29) is 6.61 Å². The molecule has 1 N–H and O–H groups in total. The second kappa shape index (κ2) is 4.99. The lowest BCUT2D eigenvalue weighted by atomic mass is 10.1. The summed E-state index contributed by atoms with van der Waals surface area (Å²) >= 11 is 6.33. The van der Waals surface area contributed by atoms with E-state index in [1.165, 1.54) is 11.1 Å². The molecule has 0 aliphatic heterocycles. The van der Waals surface area contributed by atoms with Crippen LogP contribution in [-0.2, 0) is 13.2 Å². The van der Waals surface area contributed by atoms with Crippen molar-refractivity contribution in [1.82, 2.24) is 9.78 Å². The predicted octanol–water partition coefficient (Wildman–Crippen LogP) is 3.26. The fraction of sp³-hybridized carbons (Fsp3) is 0.400. The second-order valence-corrected chi connectivity index (χ2v) is 5.59. The molecule has 19 heavy (non-hydrogen) atoms. The van der Waals surface area contributed by atoms with Gasteiger partial charge in [-0.1, -0.05) is 41.4 Å². The number of nitrogens with zero attached hydrogens (tertiary/aromatic N) is 2. The number of hydrogen-bond donors (Lipinski definition) is 1. The van der Waals surface area contributed by atoms with E-state index in [9.17, 15) is 5.11 Å². The topological polar surface area (TPSA) is 38.0 Å². The van der Waals surface area contributed by atoms with E-state index in [0.29, 0.717) is 17.6 Å². The molecule has 1 aliphatic rings. The van der Waals surface area contributed by atoms with Crippen molar-refractivity contribution < 1.29 is 5.11 Å². The van der Waals surface area contributed by atoms with E-state index in [1.807, 2.05) is 6.07 Å². The average molecular weight is 277 g/mol. The molecule has 2 aromatic rings. The Hall–Kier alpha value is -1.32. The number of aliphatic hydroxyl groups excluding tert-OH is 1. The minimum atomic E-state index is -0.0293. The van der Waals surface area contributed by atoms with Crippen LogP contribution in [0.15, 0.2) is 24.3 Å². The van der Waals surface area contributed by atoms with Gasteiger partial charge in [-0.2, -0.15) is 5.10 Å². The number of aliphatic hydroxyl groups is 1. The largest absolute Gasteiger partial charge is 0.391 e. The van der Waals surface area contributed by atoms with Crippen molar-refractivity contribution >= 4 is 11.6 Å². The molecule has 1 aromatic carbocycles. The van der Waals surface area contributed by atoms with Crippen LogP contribution in [0.2, 0.25) is 5.15 Å². The Morgan fingerprint density at radius 1 is 1.42 bits per heavy atom. The Kier molecular flexibility index (Phi) is 3.33. The van der Waals surface area contributed by atoms with E-state index >= 15 is 0 Å². The first kappa shape index (κ1) is 12.7. The van der Waals surface area contributed by atoms with E-state index in [1.54, 1.807) is 4.68 Å². The maximum atomic E-state index is 9.46. The minimum Gasteiger partial charge on any atom is -0.391 e. The Labute approximate surface area is 117 Å². The van der Waals surface area contributed by atoms with Gasteiger partial charge >= 0.3 is 0 Å². The van der Waals surface area contributed by atoms with Crippen LogP contribution < -0.4 is 0 Å². The second-order valence-electron chi connectivity index (χ2n) is 5.23. The highest BCUT2D eigenvalue weighted by atomic mass is 35.5. The van der Waals surface area contributed by atoms with Crippen LogP contribution in [-0.4, -0.2) is 14.9 Å². The molecule has 3 nitrogen and oxygen atoms in total. The van der Waals surface area contributed by atoms with Crippen molar-refractivity contribution in [3.8, 4) is 0 Å². The summed E-state index contributed by atoms with van der Waals surface area (Å²) < 4.78 is 1.80. The van der Waals surface area contributed by atoms with Gasteiger partial charge in [-0.25, -0.2) is 4.68 Å². The molecule has 0 atom stereocenters. The van der Waals surface area contributed by atoms with Gasteiger partial charge in [-0.3, -0.25) is 0 Å². The van der Waals surface area contributed by atoms with Crippen LogP contribution in [0.1, 0.15) is 41.1 Å². The third-order valence-electron chi connectivity index (χ3n) is 3.55. The average Bonchev–Trinajstić information content (AvgIpc) is 3.17. The van der Waals surface area contributed by atoms with Gasteiger partial charge in [0, 0.05) is 11.5 Å². The van der Waals surface area contributed by atoms with Crippen LogP contribution in [0, 0.1) is 6.92 Å². The normalized spacial score (nSPS) is 14.9. The Morgan fingerprint density at radius 3 is 2.84 bits per heavy atom. The van der Waals surface area contributed by atoms with Crippen LogP contribution in [0.3, 0.4) is 0 Å². The van der Waals surface area contributed by atoms with Crippen molar-refractivity contribution in [3.05, 3.63) is 51.8 Å². The summed E-state index contributed by atoms with van der Waals surface area (Å²) in [5, 5.41) is 14.6. The molecular weight excluding hydrogens is 260 g/mol. The SMILES string of the molecule is Cc1cccc(Cn2nc(C3CC3)c(CO)c2Cl)c1. The molecule has 100 valence electrons. The van der Waals surface area contributed by atoms with E-state index in [2.05, 4.69) is 30.2 Å². The zero-order chi connectivity index (χ0) is 13.4. The summed E-state index contributed by atoms with van der Waals surface area (Å²) in [5.41, 5.74) is 4.19. The smallest absolute Gasteiger partial charge is 0.133 e. The number of rotatable bonds is 4. The minimum absolute atomic E-state index is 0.0293.